The second kappa shape index (κ2) is 4.54. The Hall–Kier alpha value is 0.0969. The van der Waals surface area contributed by atoms with Crippen molar-refractivity contribution in [3.63, 3.8) is 0 Å². The first-order valence-electron chi connectivity index (χ1n) is 7.91. The molecule has 2 fully saturated rings. The monoisotopic (exact) mass is 300 g/mol. The Morgan fingerprint density at radius 1 is 1.20 bits per heavy atom. The van der Waals surface area contributed by atoms with E-state index in [0.29, 0.717) is 5.92 Å². The first-order valence-corrected chi connectivity index (χ1v) is 10.8. The lowest BCUT2D eigenvalue weighted by Crippen LogP contribution is -2.47. The predicted molar refractivity (Wildman–Crippen MR) is 84.3 cm³/mol. The molecule has 0 bridgehead atoms. The fraction of sp³-hybridized carbons (Fsp3) is 1.00. The van der Waals surface area contributed by atoms with Crippen molar-refractivity contribution < 1.29 is 13.9 Å². The third kappa shape index (κ3) is 2.49. The van der Waals surface area contributed by atoms with Crippen LogP contribution in [-0.2, 0) is 13.9 Å². The Kier molecular flexibility index (Phi) is 3.74. The van der Waals surface area contributed by atoms with Gasteiger partial charge in [-0.05, 0) is 44.3 Å². The van der Waals surface area contributed by atoms with E-state index in [1.807, 2.05) is 0 Å². The molecule has 2 saturated heterocycles. The Bertz CT molecular complexity index is 388. The number of hydrogen-bond donors (Lipinski definition) is 0. The molecule has 0 N–H and O–H groups in total. The van der Waals surface area contributed by atoms with Gasteiger partial charge in [-0.2, -0.15) is 0 Å². The molecule has 0 aliphatic carbocycles. The second-order valence-corrected chi connectivity index (χ2v) is 13.4. The summed E-state index contributed by atoms with van der Waals surface area (Å²) in [5, 5.41) is 0.224. The Labute approximate surface area is 125 Å². The summed E-state index contributed by atoms with van der Waals surface area (Å²) in [5.74, 6) is 0.309. The number of epoxide rings is 2. The summed E-state index contributed by atoms with van der Waals surface area (Å²) >= 11 is 0. The van der Waals surface area contributed by atoms with Crippen molar-refractivity contribution in [2.45, 2.75) is 96.6 Å². The van der Waals surface area contributed by atoms with Crippen LogP contribution in [0.2, 0.25) is 18.1 Å². The molecule has 2 heterocycles. The highest BCUT2D eigenvalue weighted by atomic mass is 28.4. The highest BCUT2D eigenvalue weighted by Gasteiger charge is 2.85. The summed E-state index contributed by atoms with van der Waals surface area (Å²) in [7, 11) is -1.76. The number of hydrogen-bond acceptors (Lipinski definition) is 3. The molecule has 4 atom stereocenters. The molecule has 0 unspecified atom stereocenters. The van der Waals surface area contributed by atoms with E-state index in [1.54, 1.807) is 0 Å². The van der Waals surface area contributed by atoms with E-state index in [0.717, 1.165) is 6.42 Å². The smallest absolute Gasteiger partial charge is 0.228 e. The zero-order valence-corrected chi connectivity index (χ0v) is 15.7. The van der Waals surface area contributed by atoms with Gasteiger partial charge < -0.3 is 13.9 Å². The van der Waals surface area contributed by atoms with Crippen molar-refractivity contribution in [2.24, 2.45) is 5.92 Å². The summed E-state index contributed by atoms with van der Waals surface area (Å²) < 4.78 is 18.4. The highest BCUT2D eigenvalue weighted by molar-refractivity contribution is 6.74. The van der Waals surface area contributed by atoms with Gasteiger partial charge in [-0.3, -0.25) is 0 Å². The largest absolute Gasteiger partial charge is 0.411 e. The van der Waals surface area contributed by atoms with E-state index in [2.05, 4.69) is 61.6 Å². The fourth-order valence-electron chi connectivity index (χ4n) is 2.72. The topological polar surface area (TPSA) is 34.3 Å². The van der Waals surface area contributed by atoms with Crippen molar-refractivity contribution in [3.8, 4) is 0 Å². The fourth-order valence-corrected chi connectivity index (χ4v) is 4.18. The van der Waals surface area contributed by atoms with Crippen molar-refractivity contribution in [3.05, 3.63) is 0 Å². The van der Waals surface area contributed by atoms with E-state index < -0.39 is 8.32 Å². The van der Waals surface area contributed by atoms with Crippen LogP contribution in [0.25, 0.3) is 0 Å². The predicted octanol–water partition coefficient (Wildman–Crippen LogP) is 4.33. The third-order valence-corrected chi connectivity index (χ3v) is 9.99. The zero-order chi connectivity index (χ0) is 15.6. The summed E-state index contributed by atoms with van der Waals surface area (Å²) in [6.07, 6.45) is 1.42. The minimum absolute atomic E-state index is 0.0838. The average Bonchev–Trinajstić information content (AvgIpc) is 3.03. The maximum Gasteiger partial charge on any atom is 0.228 e. The quantitative estimate of drug-likeness (QED) is 0.560. The van der Waals surface area contributed by atoms with Crippen molar-refractivity contribution in [2.75, 3.05) is 0 Å². The summed E-state index contributed by atoms with van der Waals surface area (Å²) in [4.78, 5) is 0. The molecule has 118 valence electrons. The van der Waals surface area contributed by atoms with Crippen LogP contribution in [0.15, 0.2) is 0 Å². The van der Waals surface area contributed by atoms with Gasteiger partial charge in [0.15, 0.2) is 8.32 Å². The first-order chi connectivity index (χ1) is 8.86. The van der Waals surface area contributed by atoms with Gasteiger partial charge in [-0.15, -0.1) is 0 Å². The van der Waals surface area contributed by atoms with Gasteiger partial charge in [0.25, 0.3) is 0 Å². The van der Waals surface area contributed by atoms with E-state index in [1.165, 1.54) is 0 Å². The van der Waals surface area contributed by atoms with Crippen LogP contribution in [0.5, 0.6) is 0 Å². The lowest BCUT2D eigenvalue weighted by atomic mass is 9.96. The van der Waals surface area contributed by atoms with Gasteiger partial charge in [-0.1, -0.05) is 34.6 Å². The van der Waals surface area contributed by atoms with Crippen molar-refractivity contribution in [1.82, 2.24) is 0 Å². The minimum Gasteiger partial charge on any atom is -0.411 e. The molecule has 0 saturated carbocycles. The molecular weight excluding hydrogens is 268 g/mol. The Morgan fingerprint density at radius 3 is 2.20 bits per heavy atom. The molecule has 4 heteroatoms. The molecule has 3 nitrogen and oxygen atoms in total. The van der Waals surface area contributed by atoms with E-state index in [4.69, 9.17) is 13.9 Å². The van der Waals surface area contributed by atoms with Gasteiger partial charge in [-0.25, -0.2) is 0 Å². The van der Waals surface area contributed by atoms with Crippen LogP contribution in [0.1, 0.15) is 54.9 Å². The third-order valence-electron chi connectivity index (χ3n) is 5.44. The van der Waals surface area contributed by atoms with E-state index in [9.17, 15) is 0 Å². The Morgan fingerprint density at radius 2 is 1.75 bits per heavy atom. The minimum atomic E-state index is -1.76. The SMILES string of the molecule is CC(C)C[C@H]1O[C@]12O[C@]2(C)[C@@H](C)O[Si](C)(C)C(C)(C)C. The van der Waals surface area contributed by atoms with Crippen molar-refractivity contribution in [1.29, 1.82) is 0 Å². The molecule has 2 aliphatic heterocycles. The summed E-state index contributed by atoms with van der Waals surface area (Å²) in [6, 6.07) is 0. The summed E-state index contributed by atoms with van der Waals surface area (Å²) in [5.41, 5.74) is -0.262. The van der Waals surface area contributed by atoms with Crippen molar-refractivity contribution >= 4 is 8.32 Å². The zero-order valence-electron chi connectivity index (χ0n) is 14.7. The Balaban J connectivity index is 1.97. The number of rotatable bonds is 5. The number of ether oxygens (including phenoxy) is 2. The second-order valence-electron chi connectivity index (χ2n) is 8.63. The van der Waals surface area contributed by atoms with Gasteiger partial charge in [0, 0.05) is 0 Å². The van der Waals surface area contributed by atoms with Crippen LogP contribution in [-0.4, -0.2) is 31.9 Å². The van der Waals surface area contributed by atoms with Crippen LogP contribution in [0.3, 0.4) is 0 Å². The molecule has 1 spiro atoms. The van der Waals surface area contributed by atoms with Gasteiger partial charge >= 0.3 is 0 Å². The molecule has 0 amide bonds. The summed E-state index contributed by atoms with van der Waals surface area (Å²) in [6.45, 7) is 20.1. The maximum absolute atomic E-state index is 6.49. The van der Waals surface area contributed by atoms with Gasteiger partial charge in [0.2, 0.25) is 5.79 Å². The molecular formula is C16H32O3Si. The van der Waals surface area contributed by atoms with Gasteiger partial charge in [0.1, 0.15) is 11.7 Å². The lowest BCUT2D eigenvalue weighted by molar-refractivity contribution is 0.108. The standard InChI is InChI=1S/C16H32O3Si/c1-11(2)10-13-16(17-13)15(7,19-16)12(3)18-20(8,9)14(4,5)6/h11-13H,10H2,1-9H3/t12-,13-,15-,16+/m1/s1. The lowest BCUT2D eigenvalue weighted by Gasteiger charge is -2.39. The molecule has 0 aromatic heterocycles. The molecule has 0 aromatic carbocycles. The molecule has 0 radical (unpaired) electrons. The van der Waals surface area contributed by atoms with Crippen LogP contribution < -0.4 is 0 Å². The van der Waals surface area contributed by atoms with E-state index >= 15 is 0 Å². The average molecular weight is 301 g/mol. The van der Waals surface area contributed by atoms with Crippen LogP contribution >= 0.6 is 0 Å². The highest BCUT2D eigenvalue weighted by Crippen LogP contribution is 2.66. The molecule has 2 rings (SSSR count). The molecule has 20 heavy (non-hydrogen) atoms. The van der Waals surface area contributed by atoms with E-state index in [-0.39, 0.29) is 28.6 Å². The molecule has 0 aromatic rings. The van der Waals surface area contributed by atoms with Crippen LogP contribution in [0, 0.1) is 5.92 Å². The molecule has 2 aliphatic rings. The first kappa shape index (κ1) is 16.5. The van der Waals surface area contributed by atoms with Gasteiger partial charge in [0.05, 0.1) is 6.10 Å². The van der Waals surface area contributed by atoms with Crippen LogP contribution in [0.4, 0.5) is 0 Å². The maximum atomic E-state index is 6.49. The normalized spacial score (nSPS) is 38.4.